The molecule has 104 valence electrons. The number of rotatable bonds is 4. The molecule has 0 aliphatic carbocycles. The molecular weight excluding hydrogens is 239 g/mol. The molecule has 0 unspecified atom stereocenters. The quantitative estimate of drug-likeness (QED) is 0.839. The van der Waals surface area contributed by atoms with E-state index in [1.165, 1.54) is 11.1 Å². The Labute approximate surface area is 115 Å². The van der Waals surface area contributed by atoms with Crippen LogP contribution in [0.2, 0.25) is 0 Å². The number of aryl methyl sites for hydroxylation is 1. The highest BCUT2D eigenvalue weighted by atomic mass is 19.1. The van der Waals surface area contributed by atoms with Crippen LogP contribution in [-0.2, 0) is 0 Å². The van der Waals surface area contributed by atoms with Crippen LogP contribution in [-0.4, -0.2) is 31.1 Å². The molecule has 0 amide bonds. The lowest BCUT2D eigenvalue weighted by atomic mass is 9.96. The molecule has 1 saturated heterocycles. The fourth-order valence-electron chi connectivity index (χ4n) is 2.66. The van der Waals surface area contributed by atoms with E-state index < -0.39 is 0 Å². The zero-order chi connectivity index (χ0) is 13.8. The molecule has 2 rings (SSSR count). The van der Waals surface area contributed by atoms with Gasteiger partial charge in [0.15, 0.2) is 0 Å². The average molecular weight is 262 g/mol. The molecule has 1 aromatic rings. The van der Waals surface area contributed by atoms with Gasteiger partial charge in [-0.05, 0) is 37.5 Å². The number of piperazine rings is 1. The fraction of sp³-hybridized carbons (Fsp3) is 0.500. The van der Waals surface area contributed by atoms with Crippen LogP contribution in [0.5, 0.6) is 0 Å². The summed E-state index contributed by atoms with van der Waals surface area (Å²) in [5.74, 6) is -0.127. The lowest BCUT2D eigenvalue weighted by molar-refractivity contribution is 0.172. The third-order valence-corrected chi connectivity index (χ3v) is 3.70. The maximum atomic E-state index is 13.4. The molecule has 1 aliphatic heterocycles. The minimum atomic E-state index is -0.127. The highest BCUT2D eigenvalue weighted by Crippen LogP contribution is 2.28. The molecule has 0 spiro atoms. The molecule has 1 atom stereocenters. The number of hydrogen-bond donors (Lipinski definition) is 1. The van der Waals surface area contributed by atoms with E-state index in [0.29, 0.717) is 6.04 Å². The third-order valence-electron chi connectivity index (χ3n) is 3.70. The highest BCUT2D eigenvalue weighted by molar-refractivity contribution is 5.27. The number of hydrogen-bond acceptors (Lipinski definition) is 2. The number of nitrogens with one attached hydrogen (secondary N) is 1. The van der Waals surface area contributed by atoms with E-state index in [1.54, 1.807) is 6.07 Å². The molecule has 1 aromatic carbocycles. The highest BCUT2D eigenvalue weighted by Gasteiger charge is 2.22. The van der Waals surface area contributed by atoms with Gasteiger partial charge in [-0.2, -0.15) is 0 Å². The summed E-state index contributed by atoms with van der Waals surface area (Å²) in [6.45, 7) is 12.0. The van der Waals surface area contributed by atoms with Crippen molar-refractivity contribution < 1.29 is 4.39 Å². The van der Waals surface area contributed by atoms with Crippen LogP contribution in [0, 0.1) is 12.7 Å². The van der Waals surface area contributed by atoms with Crippen LogP contribution < -0.4 is 5.32 Å². The van der Waals surface area contributed by atoms with Gasteiger partial charge in [-0.1, -0.05) is 17.7 Å². The Bertz CT molecular complexity index is 450. The predicted molar refractivity (Wildman–Crippen MR) is 77.8 cm³/mol. The first kappa shape index (κ1) is 14.2. The van der Waals surface area contributed by atoms with E-state index in [9.17, 15) is 4.39 Å². The SMILES string of the molecule is C=C(C)C[C@H](c1ccc(F)c(C)c1)N1CCNCC1. The van der Waals surface area contributed by atoms with Gasteiger partial charge in [0.25, 0.3) is 0 Å². The first-order valence-corrected chi connectivity index (χ1v) is 6.93. The van der Waals surface area contributed by atoms with Gasteiger partial charge in [0.1, 0.15) is 5.82 Å². The van der Waals surface area contributed by atoms with Crippen molar-refractivity contribution in [3.05, 3.63) is 47.3 Å². The summed E-state index contributed by atoms with van der Waals surface area (Å²) in [7, 11) is 0. The first-order valence-electron chi connectivity index (χ1n) is 6.93. The molecule has 2 nitrogen and oxygen atoms in total. The predicted octanol–water partition coefficient (Wildman–Crippen LogP) is 3.05. The zero-order valence-electron chi connectivity index (χ0n) is 11.9. The molecule has 1 fully saturated rings. The Hall–Kier alpha value is -1.19. The van der Waals surface area contributed by atoms with Crippen LogP contribution in [0.3, 0.4) is 0 Å². The van der Waals surface area contributed by atoms with Crippen LogP contribution in [0.15, 0.2) is 30.4 Å². The molecule has 1 aliphatic rings. The second kappa shape index (κ2) is 6.31. The van der Waals surface area contributed by atoms with E-state index in [1.807, 2.05) is 19.1 Å². The van der Waals surface area contributed by atoms with Gasteiger partial charge in [-0.3, -0.25) is 4.90 Å². The normalized spacial score (nSPS) is 18.3. The van der Waals surface area contributed by atoms with E-state index in [2.05, 4.69) is 23.7 Å². The van der Waals surface area contributed by atoms with Crippen molar-refractivity contribution in [3.8, 4) is 0 Å². The smallest absolute Gasteiger partial charge is 0.126 e. The maximum absolute atomic E-state index is 13.4. The van der Waals surface area contributed by atoms with Crippen molar-refractivity contribution in [2.45, 2.75) is 26.3 Å². The van der Waals surface area contributed by atoms with Crippen molar-refractivity contribution in [2.24, 2.45) is 0 Å². The van der Waals surface area contributed by atoms with Gasteiger partial charge in [0.05, 0.1) is 0 Å². The Morgan fingerprint density at radius 2 is 2.11 bits per heavy atom. The van der Waals surface area contributed by atoms with Crippen molar-refractivity contribution >= 4 is 0 Å². The van der Waals surface area contributed by atoms with Gasteiger partial charge in [-0.15, -0.1) is 6.58 Å². The van der Waals surface area contributed by atoms with E-state index >= 15 is 0 Å². The summed E-state index contributed by atoms with van der Waals surface area (Å²) < 4.78 is 13.4. The lowest BCUT2D eigenvalue weighted by Gasteiger charge is -2.35. The van der Waals surface area contributed by atoms with Crippen LogP contribution in [0.25, 0.3) is 0 Å². The van der Waals surface area contributed by atoms with Crippen LogP contribution in [0.4, 0.5) is 4.39 Å². The zero-order valence-corrected chi connectivity index (χ0v) is 11.9. The number of benzene rings is 1. The topological polar surface area (TPSA) is 15.3 Å². The summed E-state index contributed by atoms with van der Waals surface area (Å²) in [4.78, 5) is 2.47. The van der Waals surface area contributed by atoms with Crippen molar-refractivity contribution in [1.82, 2.24) is 10.2 Å². The summed E-state index contributed by atoms with van der Waals surface area (Å²) in [5.41, 5.74) is 3.09. The van der Waals surface area contributed by atoms with Gasteiger partial charge in [0.2, 0.25) is 0 Å². The van der Waals surface area contributed by atoms with Crippen LogP contribution in [0.1, 0.15) is 30.5 Å². The first-order chi connectivity index (χ1) is 9.08. The molecule has 0 radical (unpaired) electrons. The molecule has 3 heteroatoms. The Morgan fingerprint density at radius 1 is 1.42 bits per heavy atom. The van der Waals surface area contributed by atoms with Gasteiger partial charge >= 0.3 is 0 Å². The number of nitrogens with zero attached hydrogens (tertiary/aromatic N) is 1. The minimum Gasteiger partial charge on any atom is -0.314 e. The van der Waals surface area contributed by atoms with Gasteiger partial charge < -0.3 is 5.32 Å². The third kappa shape index (κ3) is 3.64. The summed E-state index contributed by atoms with van der Waals surface area (Å²) in [6.07, 6.45) is 0.936. The molecule has 19 heavy (non-hydrogen) atoms. The van der Waals surface area contributed by atoms with E-state index in [0.717, 1.165) is 38.2 Å². The van der Waals surface area contributed by atoms with E-state index in [-0.39, 0.29) is 5.82 Å². The Balaban J connectivity index is 2.24. The largest absolute Gasteiger partial charge is 0.314 e. The second-order valence-corrected chi connectivity index (χ2v) is 5.47. The van der Waals surface area contributed by atoms with Gasteiger partial charge in [-0.25, -0.2) is 4.39 Å². The lowest BCUT2D eigenvalue weighted by Crippen LogP contribution is -2.45. The molecular formula is C16H23FN2. The van der Waals surface area contributed by atoms with Crippen molar-refractivity contribution in [3.63, 3.8) is 0 Å². The Kier molecular flexibility index (Phi) is 4.72. The van der Waals surface area contributed by atoms with Crippen molar-refractivity contribution in [2.75, 3.05) is 26.2 Å². The van der Waals surface area contributed by atoms with E-state index in [4.69, 9.17) is 0 Å². The number of halogens is 1. The monoisotopic (exact) mass is 262 g/mol. The fourth-order valence-corrected chi connectivity index (χ4v) is 2.66. The minimum absolute atomic E-state index is 0.127. The average Bonchev–Trinajstić information content (AvgIpc) is 2.40. The summed E-state index contributed by atoms with van der Waals surface area (Å²) >= 11 is 0. The second-order valence-electron chi connectivity index (χ2n) is 5.47. The molecule has 0 aromatic heterocycles. The standard InChI is InChI=1S/C16H23FN2/c1-12(2)10-16(19-8-6-18-7-9-19)14-4-5-15(17)13(3)11-14/h4-5,11,16,18H,1,6-10H2,2-3H3/t16-/m1/s1. The molecule has 0 saturated carbocycles. The maximum Gasteiger partial charge on any atom is 0.126 e. The molecule has 1 heterocycles. The van der Waals surface area contributed by atoms with Gasteiger partial charge in [0, 0.05) is 32.2 Å². The molecule has 0 bridgehead atoms. The van der Waals surface area contributed by atoms with Crippen LogP contribution >= 0.6 is 0 Å². The van der Waals surface area contributed by atoms with Crippen molar-refractivity contribution in [1.29, 1.82) is 0 Å². The molecule has 1 N–H and O–H groups in total. The summed E-state index contributed by atoms with van der Waals surface area (Å²) in [6, 6.07) is 5.79. The summed E-state index contributed by atoms with van der Waals surface area (Å²) in [5, 5.41) is 3.37. The Morgan fingerprint density at radius 3 is 2.68 bits per heavy atom.